The minimum absolute atomic E-state index is 0.230. The first-order chi connectivity index (χ1) is 8.15. The Morgan fingerprint density at radius 3 is 2.94 bits per heavy atom. The molecule has 0 amide bonds. The van der Waals surface area contributed by atoms with Gasteiger partial charge in [-0.25, -0.2) is 0 Å². The highest BCUT2D eigenvalue weighted by Crippen LogP contribution is 2.31. The van der Waals surface area contributed by atoms with Crippen molar-refractivity contribution in [3.63, 3.8) is 0 Å². The maximum absolute atomic E-state index is 6.34. The smallest absolute Gasteiger partial charge is 0.0672 e. The van der Waals surface area contributed by atoms with E-state index >= 15 is 0 Å². The molecule has 0 saturated carbocycles. The molecule has 0 bridgehead atoms. The molecule has 1 fully saturated rings. The van der Waals surface area contributed by atoms with Crippen molar-refractivity contribution >= 4 is 0 Å². The maximum Gasteiger partial charge on any atom is 0.0672 e. The molecule has 1 aromatic rings. The van der Waals surface area contributed by atoms with Crippen molar-refractivity contribution in [3.8, 4) is 0 Å². The molecule has 2 unspecified atom stereocenters. The summed E-state index contributed by atoms with van der Waals surface area (Å²) in [5.41, 5.74) is 7.61. The molecule has 2 rings (SSSR count). The number of aromatic nitrogens is 2. The van der Waals surface area contributed by atoms with Crippen molar-refractivity contribution < 1.29 is 0 Å². The van der Waals surface area contributed by atoms with Crippen molar-refractivity contribution in [2.45, 2.75) is 58.3 Å². The molecule has 2 heterocycles. The highest BCUT2D eigenvalue weighted by molar-refractivity contribution is 5.12. The Labute approximate surface area is 104 Å². The van der Waals surface area contributed by atoms with E-state index in [1.165, 1.54) is 12.1 Å². The first-order valence-corrected chi connectivity index (χ1v) is 6.68. The highest BCUT2D eigenvalue weighted by Gasteiger charge is 2.33. The standard InChI is InChI=1S/C13H24N4/c1-4-17-12(7-8-15-17)13-11(14)6-5-9-16(13)10(2)3/h7-8,10-11,13H,4-6,9,14H2,1-3H3. The monoisotopic (exact) mass is 236 g/mol. The molecule has 1 aliphatic heterocycles. The van der Waals surface area contributed by atoms with E-state index in [2.05, 4.69) is 41.5 Å². The van der Waals surface area contributed by atoms with Gasteiger partial charge < -0.3 is 5.73 Å². The Balaban J connectivity index is 2.31. The molecule has 17 heavy (non-hydrogen) atoms. The highest BCUT2D eigenvalue weighted by atomic mass is 15.3. The van der Waals surface area contributed by atoms with Crippen molar-refractivity contribution in [3.05, 3.63) is 18.0 Å². The van der Waals surface area contributed by atoms with Crippen LogP contribution in [0.15, 0.2) is 12.3 Å². The molecular formula is C13H24N4. The summed E-state index contributed by atoms with van der Waals surface area (Å²) >= 11 is 0. The van der Waals surface area contributed by atoms with Gasteiger partial charge in [0.1, 0.15) is 0 Å². The molecule has 1 aromatic heterocycles. The molecule has 4 heteroatoms. The average Bonchev–Trinajstić information content (AvgIpc) is 2.76. The minimum atomic E-state index is 0.230. The van der Waals surface area contributed by atoms with Gasteiger partial charge in [0.15, 0.2) is 0 Å². The van der Waals surface area contributed by atoms with Crippen LogP contribution in [0.1, 0.15) is 45.3 Å². The zero-order chi connectivity index (χ0) is 12.4. The van der Waals surface area contributed by atoms with Crippen molar-refractivity contribution in [1.29, 1.82) is 0 Å². The molecule has 0 aromatic carbocycles. The number of rotatable bonds is 3. The van der Waals surface area contributed by atoms with Gasteiger partial charge in [0.2, 0.25) is 0 Å². The van der Waals surface area contributed by atoms with Crippen molar-refractivity contribution in [2.24, 2.45) is 5.73 Å². The summed E-state index contributed by atoms with van der Waals surface area (Å²) in [4.78, 5) is 2.51. The Kier molecular flexibility index (Phi) is 3.84. The molecular weight excluding hydrogens is 212 g/mol. The molecule has 2 atom stereocenters. The lowest BCUT2D eigenvalue weighted by Gasteiger charge is -2.42. The number of hydrogen-bond acceptors (Lipinski definition) is 3. The van der Waals surface area contributed by atoms with Crippen LogP contribution in [0.2, 0.25) is 0 Å². The lowest BCUT2D eigenvalue weighted by Crippen LogP contribution is -2.49. The predicted molar refractivity (Wildman–Crippen MR) is 69.7 cm³/mol. The van der Waals surface area contributed by atoms with Gasteiger partial charge in [-0.15, -0.1) is 0 Å². The van der Waals surface area contributed by atoms with Crippen LogP contribution in [0.4, 0.5) is 0 Å². The van der Waals surface area contributed by atoms with Gasteiger partial charge in [-0.2, -0.15) is 5.10 Å². The quantitative estimate of drug-likeness (QED) is 0.870. The minimum Gasteiger partial charge on any atom is -0.326 e. The van der Waals surface area contributed by atoms with E-state index in [9.17, 15) is 0 Å². The van der Waals surface area contributed by atoms with E-state index in [1.807, 2.05) is 6.20 Å². The molecule has 1 saturated heterocycles. The number of likely N-dealkylation sites (tertiary alicyclic amines) is 1. The topological polar surface area (TPSA) is 47.1 Å². The van der Waals surface area contributed by atoms with Crippen LogP contribution in [0.5, 0.6) is 0 Å². The number of hydrogen-bond donors (Lipinski definition) is 1. The fraction of sp³-hybridized carbons (Fsp3) is 0.769. The zero-order valence-corrected chi connectivity index (χ0v) is 11.1. The second-order valence-corrected chi connectivity index (χ2v) is 5.15. The van der Waals surface area contributed by atoms with Crippen LogP contribution in [0.3, 0.4) is 0 Å². The summed E-state index contributed by atoms with van der Waals surface area (Å²) in [6, 6.07) is 3.21. The van der Waals surface area contributed by atoms with Crippen LogP contribution in [0, 0.1) is 0 Å². The van der Waals surface area contributed by atoms with Crippen LogP contribution in [0.25, 0.3) is 0 Å². The molecule has 0 spiro atoms. The van der Waals surface area contributed by atoms with Crippen molar-refractivity contribution in [1.82, 2.24) is 14.7 Å². The Morgan fingerprint density at radius 2 is 2.29 bits per heavy atom. The molecule has 0 radical (unpaired) electrons. The third kappa shape index (κ3) is 2.38. The Hall–Kier alpha value is -0.870. The summed E-state index contributed by atoms with van der Waals surface area (Å²) in [7, 11) is 0. The molecule has 2 N–H and O–H groups in total. The largest absolute Gasteiger partial charge is 0.326 e. The normalized spacial score (nSPS) is 26.6. The summed E-state index contributed by atoms with van der Waals surface area (Å²) < 4.78 is 2.07. The second-order valence-electron chi connectivity index (χ2n) is 5.15. The van der Waals surface area contributed by atoms with Gasteiger partial charge in [0, 0.05) is 24.8 Å². The van der Waals surface area contributed by atoms with Gasteiger partial charge in [-0.3, -0.25) is 9.58 Å². The molecule has 4 nitrogen and oxygen atoms in total. The number of aryl methyl sites for hydroxylation is 1. The van der Waals surface area contributed by atoms with Gasteiger partial charge in [-0.05, 0) is 46.2 Å². The molecule has 96 valence electrons. The molecule has 0 aliphatic carbocycles. The Morgan fingerprint density at radius 1 is 1.53 bits per heavy atom. The van der Waals surface area contributed by atoms with Gasteiger partial charge in [-0.1, -0.05) is 0 Å². The van der Waals surface area contributed by atoms with E-state index in [0.29, 0.717) is 12.1 Å². The first kappa shape index (κ1) is 12.6. The number of piperidine rings is 1. The number of nitrogens with two attached hydrogens (primary N) is 1. The third-order valence-electron chi connectivity index (χ3n) is 3.73. The van der Waals surface area contributed by atoms with E-state index in [1.54, 1.807) is 0 Å². The molecule has 1 aliphatic rings. The SMILES string of the molecule is CCn1nccc1C1C(N)CCCN1C(C)C. The summed E-state index contributed by atoms with van der Waals surface area (Å²) in [6.07, 6.45) is 4.21. The summed E-state index contributed by atoms with van der Waals surface area (Å²) in [6.45, 7) is 8.68. The van der Waals surface area contributed by atoms with Gasteiger partial charge >= 0.3 is 0 Å². The maximum atomic E-state index is 6.34. The van der Waals surface area contributed by atoms with E-state index < -0.39 is 0 Å². The third-order valence-corrected chi connectivity index (χ3v) is 3.73. The van der Waals surface area contributed by atoms with E-state index in [4.69, 9.17) is 5.73 Å². The van der Waals surface area contributed by atoms with Crippen molar-refractivity contribution in [2.75, 3.05) is 6.54 Å². The van der Waals surface area contributed by atoms with Gasteiger partial charge in [0.05, 0.1) is 11.7 Å². The zero-order valence-electron chi connectivity index (χ0n) is 11.1. The first-order valence-electron chi connectivity index (χ1n) is 6.68. The van der Waals surface area contributed by atoms with Crippen LogP contribution < -0.4 is 5.73 Å². The summed E-state index contributed by atoms with van der Waals surface area (Å²) in [5.74, 6) is 0. The second kappa shape index (κ2) is 5.19. The van der Waals surface area contributed by atoms with E-state index in [0.717, 1.165) is 19.5 Å². The van der Waals surface area contributed by atoms with Crippen LogP contribution >= 0.6 is 0 Å². The van der Waals surface area contributed by atoms with Crippen LogP contribution in [-0.2, 0) is 6.54 Å². The average molecular weight is 236 g/mol. The predicted octanol–water partition coefficient (Wildman–Crippen LogP) is 1.78. The van der Waals surface area contributed by atoms with Crippen LogP contribution in [-0.4, -0.2) is 33.3 Å². The fourth-order valence-electron chi connectivity index (χ4n) is 2.88. The Bertz CT molecular complexity index is 358. The van der Waals surface area contributed by atoms with E-state index in [-0.39, 0.29) is 6.04 Å². The lowest BCUT2D eigenvalue weighted by atomic mass is 9.93. The lowest BCUT2D eigenvalue weighted by molar-refractivity contribution is 0.0887. The number of nitrogens with zero attached hydrogens (tertiary/aromatic N) is 3. The fourth-order valence-corrected chi connectivity index (χ4v) is 2.88. The summed E-state index contributed by atoms with van der Waals surface area (Å²) in [5, 5.41) is 4.37. The van der Waals surface area contributed by atoms with Gasteiger partial charge in [0.25, 0.3) is 0 Å².